The van der Waals surface area contributed by atoms with Crippen LogP contribution in [0.25, 0.3) is 11.2 Å². The first-order valence-corrected chi connectivity index (χ1v) is 6.27. The van der Waals surface area contributed by atoms with Crippen molar-refractivity contribution in [2.45, 2.75) is 31.2 Å². The first kappa shape index (κ1) is 10.2. The number of rotatable bonds is 1. The van der Waals surface area contributed by atoms with Crippen LogP contribution in [0.15, 0.2) is 16.7 Å². The molecule has 0 spiro atoms. The summed E-state index contributed by atoms with van der Waals surface area (Å²) in [5, 5.41) is 0. The molecule has 5 heteroatoms. The summed E-state index contributed by atoms with van der Waals surface area (Å²) in [5.41, 5.74) is 7.77. The fourth-order valence-electron chi connectivity index (χ4n) is 2.35. The van der Waals surface area contributed by atoms with Crippen LogP contribution in [0.1, 0.15) is 31.5 Å². The predicted molar refractivity (Wildman–Crippen MR) is 65.9 cm³/mol. The average Bonchev–Trinajstić information content (AvgIpc) is 2.84. The molecule has 3 rings (SSSR count). The van der Waals surface area contributed by atoms with Crippen LogP contribution in [0.3, 0.4) is 0 Å². The van der Waals surface area contributed by atoms with Crippen molar-refractivity contribution in [3.63, 3.8) is 0 Å². The quantitative estimate of drug-likeness (QED) is 0.843. The van der Waals surface area contributed by atoms with Gasteiger partial charge in [-0.25, -0.2) is 9.97 Å². The molecule has 1 fully saturated rings. The standard InChI is InChI=1S/C11H13BrN4/c12-7-5-8-9(14-6-7)16-10(15-8)11(13)3-1-2-4-11/h5-6H,1-4,13H2,(H,14,15,16). The van der Waals surface area contributed by atoms with Crippen molar-refractivity contribution in [2.75, 3.05) is 0 Å². The Kier molecular flexibility index (Phi) is 2.26. The molecule has 16 heavy (non-hydrogen) atoms. The minimum absolute atomic E-state index is 0.271. The molecule has 2 aromatic heterocycles. The number of H-pyrrole nitrogens is 1. The van der Waals surface area contributed by atoms with Crippen LogP contribution in [-0.2, 0) is 5.54 Å². The van der Waals surface area contributed by atoms with Gasteiger partial charge < -0.3 is 10.7 Å². The number of aromatic nitrogens is 3. The summed E-state index contributed by atoms with van der Waals surface area (Å²) in [6, 6.07) is 1.98. The van der Waals surface area contributed by atoms with Gasteiger partial charge >= 0.3 is 0 Å². The zero-order valence-corrected chi connectivity index (χ0v) is 10.4. The number of nitrogens with two attached hydrogens (primary N) is 1. The highest BCUT2D eigenvalue weighted by molar-refractivity contribution is 9.10. The molecule has 1 aliphatic rings. The number of pyridine rings is 1. The molecule has 2 heterocycles. The molecule has 0 aliphatic heterocycles. The maximum absolute atomic E-state index is 6.35. The molecule has 0 saturated heterocycles. The number of imidazole rings is 1. The van der Waals surface area contributed by atoms with Gasteiger partial charge in [-0.05, 0) is 34.8 Å². The SMILES string of the molecule is NC1(c2nc3ncc(Br)cc3[nH]2)CCCC1. The Hall–Kier alpha value is -0.940. The summed E-state index contributed by atoms with van der Waals surface area (Å²) in [6.07, 6.45) is 6.14. The van der Waals surface area contributed by atoms with Gasteiger partial charge in [-0.15, -0.1) is 0 Å². The van der Waals surface area contributed by atoms with E-state index >= 15 is 0 Å². The minimum Gasteiger partial charge on any atom is -0.339 e. The second-order valence-electron chi connectivity index (χ2n) is 4.47. The number of nitrogens with zero attached hydrogens (tertiary/aromatic N) is 2. The Morgan fingerprint density at radius 3 is 2.88 bits per heavy atom. The number of hydrogen-bond acceptors (Lipinski definition) is 3. The fraction of sp³-hybridized carbons (Fsp3) is 0.455. The Labute approximate surface area is 102 Å². The predicted octanol–water partition coefficient (Wildman–Crippen LogP) is 2.45. The summed E-state index contributed by atoms with van der Waals surface area (Å²) < 4.78 is 0.952. The number of aromatic amines is 1. The van der Waals surface area contributed by atoms with E-state index in [0.29, 0.717) is 0 Å². The van der Waals surface area contributed by atoms with Gasteiger partial charge in [0.2, 0.25) is 0 Å². The van der Waals surface area contributed by atoms with Crippen molar-refractivity contribution in [3.8, 4) is 0 Å². The van der Waals surface area contributed by atoms with Gasteiger partial charge in [-0.3, -0.25) is 0 Å². The average molecular weight is 281 g/mol. The summed E-state index contributed by atoms with van der Waals surface area (Å²) in [4.78, 5) is 12.0. The zero-order valence-electron chi connectivity index (χ0n) is 8.83. The van der Waals surface area contributed by atoms with Gasteiger partial charge in [0.15, 0.2) is 5.65 Å². The first-order valence-electron chi connectivity index (χ1n) is 5.48. The van der Waals surface area contributed by atoms with Crippen LogP contribution < -0.4 is 5.73 Å². The van der Waals surface area contributed by atoms with Gasteiger partial charge in [-0.2, -0.15) is 0 Å². The summed E-state index contributed by atoms with van der Waals surface area (Å²) in [5.74, 6) is 0.880. The molecule has 0 aromatic carbocycles. The maximum atomic E-state index is 6.35. The van der Waals surface area contributed by atoms with Gasteiger partial charge in [0.05, 0.1) is 11.1 Å². The lowest BCUT2D eigenvalue weighted by atomic mass is 9.99. The molecule has 1 saturated carbocycles. The lowest BCUT2D eigenvalue weighted by Gasteiger charge is -2.19. The largest absolute Gasteiger partial charge is 0.339 e. The van der Waals surface area contributed by atoms with Crippen LogP contribution in [0.5, 0.6) is 0 Å². The first-order chi connectivity index (χ1) is 7.67. The monoisotopic (exact) mass is 280 g/mol. The second kappa shape index (κ2) is 3.53. The molecular weight excluding hydrogens is 268 g/mol. The summed E-state index contributed by atoms with van der Waals surface area (Å²) in [7, 11) is 0. The van der Waals surface area contributed by atoms with E-state index < -0.39 is 0 Å². The van der Waals surface area contributed by atoms with Gasteiger partial charge in [-0.1, -0.05) is 12.8 Å². The maximum Gasteiger partial charge on any atom is 0.177 e. The third-order valence-electron chi connectivity index (χ3n) is 3.27. The summed E-state index contributed by atoms with van der Waals surface area (Å²) in [6.45, 7) is 0. The molecule has 1 aliphatic carbocycles. The topological polar surface area (TPSA) is 67.6 Å². The van der Waals surface area contributed by atoms with Crippen molar-refractivity contribution in [2.24, 2.45) is 5.73 Å². The van der Waals surface area contributed by atoms with E-state index in [1.165, 1.54) is 12.8 Å². The Bertz CT molecular complexity index is 528. The highest BCUT2D eigenvalue weighted by Gasteiger charge is 2.34. The molecule has 0 radical (unpaired) electrons. The van der Waals surface area contributed by atoms with Crippen molar-refractivity contribution in [1.82, 2.24) is 15.0 Å². The van der Waals surface area contributed by atoms with Crippen LogP contribution in [0.4, 0.5) is 0 Å². The van der Waals surface area contributed by atoms with E-state index in [4.69, 9.17) is 5.73 Å². The van der Waals surface area contributed by atoms with Crippen LogP contribution >= 0.6 is 15.9 Å². The number of fused-ring (bicyclic) bond motifs is 1. The number of halogens is 1. The molecule has 0 bridgehead atoms. The Morgan fingerprint density at radius 1 is 1.38 bits per heavy atom. The van der Waals surface area contributed by atoms with Crippen molar-refractivity contribution in [3.05, 3.63) is 22.6 Å². The lowest BCUT2D eigenvalue weighted by Crippen LogP contribution is -2.34. The van der Waals surface area contributed by atoms with Gasteiger partial charge in [0, 0.05) is 10.7 Å². The lowest BCUT2D eigenvalue weighted by molar-refractivity contribution is 0.437. The van der Waals surface area contributed by atoms with Crippen LogP contribution in [0.2, 0.25) is 0 Å². The van der Waals surface area contributed by atoms with Gasteiger partial charge in [0.1, 0.15) is 5.82 Å². The second-order valence-corrected chi connectivity index (χ2v) is 5.39. The molecule has 4 nitrogen and oxygen atoms in total. The number of nitrogens with one attached hydrogen (secondary N) is 1. The van der Waals surface area contributed by atoms with E-state index in [1.54, 1.807) is 6.20 Å². The zero-order chi connectivity index (χ0) is 11.2. The normalized spacial score (nSPS) is 19.4. The fourth-order valence-corrected chi connectivity index (χ4v) is 2.68. The third kappa shape index (κ3) is 1.55. The van der Waals surface area contributed by atoms with Crippen LogP contribution in [0, 0.1) is 0 Å². The van der Waals surface area contributed by atoms with E-state index in [0.717, 1.165) is 34.3 Å². The highest BCUT2D eigenvalue weighted by atomic mass is 79.9. The van der Waals surface area contributed by atoms with Crippen molar-refractivity contribution >= 4 is 27.1 Å². The molecule has 84 valence electrons. The van der Waals surface area contributed by atoms with Crippen molar-refractivity contribution < 1.29 is 0 Å². The molecule has 0 unspecified atom stereocenters. The highest BCUT2D eigenvalue weighted by Crippen LogP contribution is 2.35. The van der Waals surface area contributed by atoms with E-state index in [-0.39, 0.29) is 5.54 Å². The van der Waals surface area contributed by atoms with E-state index in [9.17, 15) is 0 Å². The third-order valence-corrected chi connectivity index (χ3v) is 3.71. The van der Waals surface area contributed by atoms with E-state index in [2.05, 4.69) is 30.9 Å². The molecule has 3 N–H and O–H groups in total. The smallest absolute Gasteiger partial charge is 0.177 e. The molecule has 0 atom stereocenters. The van der Waals surface area contributed by atoms with E-state index in [1.807, 2.05) is 6.07 Å². The summed E-state index contributed by atoms with van der Waals surface area (Å²) >= 11 is 3.40. The Morgan fingerprint density at radius 2 is 2.12 bits per heavy atom. The van der Waals surface area contributed by atoms with Crippen molar-refractivity contribution in [1.29, 1.82) is 0 Å². The molecule has 2 aromatic rings. The van der Waals surface area contributed by atoms with Crippen LogP contribution in [-0.4, -0.2) is 15.0 Å². The Balaban J connectivity index is 2.11. The molecule has 0 amide bonds. The molecular formula is C11H13BrN4. The van der Waals surface area contributed by atoms with Gasteiger partial charge in [0.25, 0.3) is 0 Å². The number of hydrogen-bond donors (Lipinski definition) is 2. The minimum atomic E-state index is -0.271.